The van der Waals surface area contributed by atoms with Gasteiger partial charge in [-0.3, -0.25) is 4.79 Å². The maximum Gasteiger partial charge on any atom is 0.236 e. The van der Waals surface area contributed by atoms with E-state index in [9.17, 15) is 9.90 Å². The molecule has 3 rings (SSSR count). The predicted molar refractivity (Wildman–Crippen MR) is 93.4 cm³/mol. The van der Waals surface area contributed by atoms with Crippen molar-refractivity contribution in [2.75, 3.05) is 5.75 Å². The average molecular weight is 325 g/mol. The number of carbonyl (C=O) groups excluding carboxylic acids is 1. The lowest BCUT2D eigenvalue weighted by Crippen LogP contribution is -2.19. The van der Waals surface area contributed by atoms with Gasteiger partial charge < -0.3 is 10.4 Å². The number of amides is 1. The summed E-state index contributed by atoms with van der Waals surface area (Å²) in [6, 6.07) is 15.6. The highest BCUT2D eigenvalue weighted by atomic mass is 32.2. The van der Waals surface area contributed by atoms with Crippen molar-refractivity contribution in [3.05, 3.63) is 59.7 Å². The Labute approximate surface area is 138 Å². The molecular formula is C17H15N3O2S. The van der Waals surface area contributed by atoms with Crippen LogP contribution in [0.15, 0.2) is 58.7 Å². The molecule has 5 nitrogen and oxygen atoms in total. The minimum Gasteiger partial charge on any atom is -0.392 e. The molecule has 2 aromatic carbocycles. The number of nitrogens with one attached hydrogen (secondary N) is 1. The summed E-state index contributed by atoms with van der Waals surface area (Å²) in [6.45, 7) is 0.00860. The van der Waals surface area contributed by atoms with Crippen molar-refractivity contribution in [3.63, 3.8) is 0 Å². The Morgan fingerprint density at radius 1 is 1.22 bits per heavy atom. The smallest absolute Gasteiger partial charge is 0.236 e. The Morgan fingerprint density at radius 2 is 2.09 bits per heavy atom. The molecule has 1 aliphatic heterocycles. The van der Waals surface area contributed by atoms with Gasteiger partial charge in [0.25, 0.3) is 0 Å². The zero-order valence-electron chi connectivity index (χ0n) is 12.3. The first-order chi connectivity index (χ1) is 11.3. The van der Waals surface area contributed by atoms with Crippen molar-refractivity contribution >= 4 is 29.1 Å². The third-order valence-corrected chi connectivity index (χ3v) is 4.18. The highest BCUT2D eigenvalue weighted by molar-refractivity contribution is 8.15. The second-order valence-electron chi connectivity index (χ2n) is 4.93. The zero-order valence-corrected chi connectivity index (χ0v) is 13.1. The van der Waals surface area contributed by atoms with Gasteiger partial charge in [-0.2, -0.15) is 5.10 Å². The quantitative estimate of drug-likeness (QED) is 0.669. The highest BCUT2D eigenvalue weighted by Crippen LogP contribution is 2.23. The summed E-state index contributed by atoms with van der Waals surface area (Å²) < 4.78 is 0. The van der Waals surface area contributed by atoms with Gasteiger partial charge in [-0.15, -0.1) is 5.10 Å². The monoisotopic (exact) mass is 325 g/mol. The van der Waals surface area contributed by atoms with Crippen LogP contribution in [0.4, 0.5) is 0 Å². The molecule has 0 aromatic heterocycles. The van der Waals surface area contributed by atoms with Gasteiger partial charge in [0.1, 0.15) is 0 Å². The molecule has 1 fully saturated rings. The van der Waals surface area contributed by atoms with Gasteiger partial charge in [0.2, 0.25) is 5.91 Å². The summed E-state index contributed by atoms with van der Waals surface area (Å²) in [5.74, 6) is 0.337. The van der Waals surface area contributed by atoms with E-state index in [1.807, 2.05) is 48.5 Å². The molecule has 0 spiro atoms. The van der Waals surface area contributed by atoms with E-state index in [0.717, 1.165) is 22.3 Å². The minimum absolute atomic E-state index is 0.00860. The molecule has 0 radical (unpaired) electrons. The molecular weight excluding hydrogens is 310 g/mol. The van der Waals surface area contributed by atoms with Crippen LogP contribution < -0.4 is 5.32 Å². The van der Waals surface area contributed by atoms with Crippen LogP contribution in [-0.4, -0.2) is 28.1 Å². The van der Waals surface area contributed by atoms with Crippen molar-refractivity contribution in [3.8, 4) is 11.1 Å². The van der Waals surface area contributed by atoms with Crippen molar-refractivity contribution in [1.82, 2.24) is 5.32 Å². The molecule has 2 aromatic rings. The predicted octanol–water partition coefficient (Wildman–Crippen LogP) is 2.40. The average Bonchev–Trinajstić information content (AvgIpc) is 3.01. The van der Waals surface area contributed by atoms with Crippen LogP contribution in [0, 0.1) is 0 Å². The number of benzene rings is 2. The molecule has 1 amide bonds. The fraction of sp³-hybridized carbons (Fsp3) is 0.118. The van der Waals surface area contributed by atoms with E-state index in [0.29, 0.717) is 10.9 Å². The molecule has 116 valence electrons. The largest absolute Gasteiger partial charge is 0.392 e. The topological polar surface area (TPSA) is 74.0 Å². The van der Waals surface area contributed by atoms with Crippen LogP contribution in [0.25, 0.3) is 11.1 Å². The van der Waals surface area contributed by atoms with Crippen molar-refractivity contribution in [1.29, 1.82) is 0 Å². The van der Waals surface area contributed by atoms with E-state index in [-0.39, 0.29) is 12.5 Å². The van der Waals surface area contributed by atoms with E-state index in [4.69, 9.17) is 0 Å². The standard InChI is InChI=1S/C17H15N3O2S/c21-10-12-4-3-6-13(8-12)15-7-2-1-5-14(15)9-18-20-17-19-16(22)11-23-17/h1-9,21H,10-11H2,(H,19,20,22). The van der Waals surface area contributed by atoms with Gasteiger partial charge in [0.05, 0.1) is 18.6 Å². The van der Waals surface area contributed by atoms with Crippen LogP contribution in [0.2, 0.25) is 0 Å². The van der Waals surface area contributed by atoms with Crippen LogP contribution in [0.1, 0.15) is 11.1 Å². The number of aliphatic hydroxyl groups is 1. The number of amidine groups is 1. The van der Waals surface area contributed by atoms with Crippen molar-refractivity contribution in [2.45, 2.75) is 6.61 Å². The first-order valence-electron chi connectivity index (χ1n) is 7.09. The lowest BCUT2D eigenvalue weighted by Gasteiger charge is -2.07. The van der Waals surface area contributed by atoms with E-state index in [1.54, 1.807) is 6.21 Å². The lowest BCUT2D eigenvalue weighted by atomic mass is 9.99. The van der Waals surface area contributed by atoms with Gasteiger partial charge in [-0.05, 0) is 22.8 Å². The highest BCUT2D eigenvalue weighted by Gasteiger charge is 2.15. The molecule has 6 heteroatoms. The van der Waals surface area contributed by atoms with Crippen molar-refractivity contribution in [2.24, 2.45) is 10.2 Å². The van der Waals surface area contributed by atoms with Crippen LogP contribution in [-0.2, 0) is 11.4 Å². The molecule has 0 saturated carbocycles. The summed E-state index contributed by atoms with van der Waals surface area (Å²) in [7, 11) is 0. The van der Waals surface area contributed by atoms with Gasteiger partial charge in [-0.1, -0.05) is 54.2 Å². The Bertz CT molecular complexity index is 787. The van der Waals surface area contributed by atoms with Gasteiger partial charge in [-0.25, -0.2) is 0 Å². The molecule has 1 heterocycles. The second kappa shape index (κ2) is 7.21. The Morgan fingerprint density at radius 3 is 2.87 bits per heavy atom. The Hall–Kier alpha value is -2.44. The third-order valence-electron chi connectivity index (χ3n) is 3.31. The summed E-state index contributed by atoms with van der Waals surface area (Å²) in [4.78, 5) is 11.1. The first kappa shape index (κ1) is 15.5. The molecule has 2 N–H and O–H groups in total. The summed E-state index contributed by atoms with van der Waals surface area (Å²) in [5.41, 5.74) is 3.80. The lowest BCUT2D eigenvalue weighted by molar-refractivity contribution is -0.116. The maximum atomic E-state index is 11.1. The van der Waals surface area contributed by atoms with Crippen molar-refractivity contribution < 1.29 is 9.90 Å². The van der Waals surface area contributed by atoms with E-state index in [2.05, 4.69) is 15.5 Å². The number of thioether (sulfide) groups is 1. The molecule has 0 unspecified atom stereocenters. The molecule has 0 aliphatic carbocycles. The Balaban J connectivity index is 1.87. The molecule has 1 aliphatic rings. The molecule has 0 atom stereocenters. The van der Waals surface area contributed by atoms with Gasteiger partial charge in [0.15, 0.2) is 5.17 Å². The number of nitrogens with zero attached hydrogens (tertiary/aromatic N) is 2. The molecule has 0 bridgehead atoms. The first-order valence-corrected chi connectivity index (χ1v) is 8.08. The SMILES string of the molecule is O=C1CSC(=NN=Cc2ccccc2-c2cccc(CO)c2)N1. The third kappa shape index (κ3) is 3.85. The van der Waals surface area contributed by atoms with Crippen LogP contribution >= 0.6 is 11.8 Å². The van der Waals surface area contributed by atoms with E-state index >= 15 is 0 Å². The number of aliphatic hydroxyl groups excluding tert-OH is 1. The number of hydrogen-bond acceptors (Lipinski definition) is 5. The maximum absolute atomic E-state index is 11.1. The number of carbonyl (C=O) groups is 1. The molecule has 23 heavy (non-hydrogen) atoms. The molecule has 1 saturated heterocycles. The van der Waals surface area contributed by atoms with E-state index in [1.165, 1.54) is 11.8 Å². The van der Waals surface area contributed by atoms with Gasteiger partial charge in [0, 0.05) is 5.56 Å². The fourth-order valence-corrected chi connectivity index (χ4v) is 2.86. The normalized spacial score (nSPS) is 16.2. The Kier molecular flexibility index (Phi) is 4.85. The van der Waals surface area contributed by atoms with Gasteiger partial charge >= 0.3 is 0 Å². The number of rotatable bonds is 4. The fourth-order valence-electron chi connectivity index (χ4n) is 2.23. The second-order valence-corrected chi connectivity index (χ2v) is 5.90. The summed E-state index contributed by atoms with van der Waals surface area (Å²) in [6.07, 6.45) is 1.67. The summed E-state index contributed by atoms with van der Waals surface area (Å²) in [5, 5.41) is 20.5. The van der Waals surface area contributed by atoms with E-state index < -0.39 is 0 Å². The van der Waals surface area contributed by atoms with Crippen LogP contribution in [0.5, 0.6) is 0 Å². The zero-order chi connectivity index (χ0) is 16.1. The summed E-state index contributed by atoms with van der Waals surface area (Å²) >= 11 is 1.34. The number of hydrogen-bond donors (Lipinski definition) is 2. The van der Waals surface area contributed by atoms with Crippen LogP contribution in [0.3, 0.4) is 0 Å². The minimum atomic E-state index is -0.0508.